The van der Waals surface area contributed by atoms with Crippen molar-refractivity contribution >= 4 is 23.5 Å². The van der Waals surface area contributed by atoms with E-state index in [1.807, 2.05) is 13.8 Å². The SMILES string of the molecule is CCOc1ccc(NC(=O)COC(=O)CNC(=O)c2cc(OC)cc(OC)c2)cc1OCC. The molecule has 0 saturated carbocycles. The van der Waals surface area contributed by atoms with Gasteiger partial charge in [-0.2, -0.15) is 0 Å². The quantitative estimate of drug-likeness (QED) is 0.463. The first-order chi connectivity index (χ1) is 15.9. The Morgan fingerprint density at radius 1 is 0.848 bits per heavy atom. The van der Waals surface area contributed by atoms with Gasteiger partial charge in [-0.05, 0) is 38.1 Å². The molecular formula is C23H28N2O8. The summed E-state index contributed by atoms with van der Waals surface area (Å²) in [6, 6.07) is 9.57. The van der Waals surface area contributed by atoms with Gasteiger partial charge in [-0.25, -0.2) is 0 Å². The van der Waals surface area contributed by atoms with Crippen molar-refractivity contribution in [1.82, 2.24) is 5.32 Å². The molecule has 0 aliphatic heterocycles. The number of hydrogen-bond acceptors (Lipinski definition) is 8. The van der Waals surface area contributed by atoms with Crippen molar-refractivity contribution in [3.05, 3.63) is 42.0 Å². The number of benzene rings is 2. The van der Waals surface area contributed by atoms with Crippen LogP contribution >= 0.6 is 0 Å². The van der Waals surface area contributed by atoms with Gasteiger partial charge in [0.15, 0.2) is 18.1 Å². The van der Waals surface area contributed by atoms with Gasteiger partial charge < -0.3 is 34.3 Å². The summed E-state index contributed by atoms with van der Waals surface area (Å²) in [5.41, 5.74) is 0.709. The smallest absolute Gasteiger partial charge is 0.325 e. The van der Waals surface area contributed by atoms with Gasteiger partial charge in [0.05, 0.1) is 27.4 Å². The van der Waals surface area contributed by atoms with E-state index in [9.17, 15) is 14.4 Å². The van der Waals surface area contributed by atoms with Crippen LogP contribution in [-0.2, 0) is 14.3 Å². The summed E-state index contributed by atoms with van der Waals surface area (Å²) in [6.07, 6.45) is 0. The van der Waals surface area contributed by atoms with Crippen molar-refractivity contribution in [2.75, 3.05) is 45.9 Å². The van der Waals surface area contributed by atoms with Gasteiger partial charge in [0.1, 0.15) is 18.0 Å². The van der Waals surface area contributed by atoms with Gasteiger partial charge in [-0.15, -0.1) is 0 Å². The lowest BCUT2D eigenvalue weighted by Crippen LogP contribution is -2.32. The minimum atomic E-state index is -0.768. The first-order valence-electron chi connectivity index (χ1n) is 10.3. The molecule has 0 aliphatic carbocycles. The lowest BCUT2D eigenvalue weighted by molar-refractivity contribution is -0.146. The van der Waals surface area contributed by atoms with Crippen molar-refractivity contribution in [3.63, 3.8) is 0 Å². The molecule has 10 heteroatoms. The second-order valence-electron chi connectivity index (χ2n) is 6.52. The standard InChI is InChI=1S/C23H28N2O8/c1-5-31-19-8-7-16(11-20(19)32-6-2)25-21(26)14-33-22(27)13-24-23(28)15-9-17(29-3)12-18(10-15)30-4/h7-12H,5-6,13-14H2,1-4H3,(H,24,28)(H,25,26). The van der Waals surface area contributed by atoms with Crippen LogP contribution in [0.1, 0.15) is 24.2 Å². The minimum Gasteiger partial charge on any atom is -0.497 e. The zero-order valence-electron chi connectivity index (χ0n) is 19.1. The maximum absolute atomic E-state index is 12.3. The third-order valence-electron chi connectivity index (χ3n) is 4.20. The fourth-order valence-corrected chi connectivity index (χ4v) is 2.72. The van der Waals surface area contributed by atoms with Gasteiger partial charge in [-0.3, -0.25) is 14.4 Å². The number of rotatable bonds is 12. The number of hydrogen-bond donors (Lipinski definition) is 2. The molecule has 2 aromatic carbocycles. The maximum Gasteiger partial charge on any atom is 0.325 e. The fraction of sp³-hybridized carbons (Fsp3) is 0.348. The molecule has 0 saturated heterocycles. The first-order valence-corrected chi connectivity index (χ1v) is 10.3. The van der Waals surface area contributed by atoms with Gasteiger partial charge in [0.25, 0.3) is 11.8 Å². The first kappa shape index (κ1) is 25.3. The van der Waals surface area contributed by atoms with E-state index < -0.39 is 30.9 Å². The molecule has 0 fully saturated rings. The van der Waals surface area contributed by atoms with E-state index in [4.69, 9.17) is 23.7 Å². The topological polar surface area (TPSA) is 121 Å². The van der Waals surface area contributed by atoms with Gasteiger partial charge in [0.2, 0.25) is 0 Å². The molecule has 0 spiro atoms. The summed E-state index contributed by atoms with van der Waals surface area (Å²) in [7, 11) is 2.92. The molecule has 2 amide bonds. The van der Waals surface area contributed by atoms with E-state index in [0.717, 1.165) is 0 Å². The molecule has 0 aromatic heterocycles. The van der Waals surface area contributed by atoms with Crippen LogP contribution in [0.3, 0.4) is 0 Å². The predicted octanol–water partition coefficient (Wildman–Crippen LogP) is 2.41. The van der Waals surface area contributed by atoms with Crippen molar-refractivity contribution in [2.24, 2.45) is 0 Å². The molecule has 2 rings (SSSR count). The number of carbonyl (C=O) groups is 3. The number of methoxy groups -OCH3 is 2. The molecule has 178 valence electrons. The second kappa shape index (κ2) is 12.8. The number of anilines is 1. The highest BCUT2D eigenvalue weighted by Crippen LogP contribution is 2.30. The maximum atomic E-state index is 12.3. The Hall–Kier alpha value is -3.95. The van der Waals surface area contributed by atoms with Crippen LogP contribution in [-0.4, -0.2) is 58.4 Å². The lowest BCUT2D eigenvalue weighted by Gasteiger charge is -2.13. The van der Waals surface area contributed by atoms with E-state index in [-0.39, 0.29) is 5.56 Å². The Morgan fingerprint density at radius 3 is 2.09 bits per heavy atom. The predicted molar refractivity (Wildman–Crippen MR) is 120 cm³/mol. The molecule has 2 N–H and O–H groups in total. The van der Waals surface area contributed by atoms with Gasteiger partial charge in [0, 0.05) is 23.4 Å². The van der Waals surface area contributed by atoms with Gasteiger partial charge >= 0.3 is 5.97 Å². The Labute approximate surface area is 192 Å². The zero-order chi connectivity index (χ0) is 24.2. The third-order valence-corrected chi connectivity index (χ3v) is 4.20. The molecule has 0 atom stereocenters. The van der Waals surface area contributed by atoms with Crippen LogP contribution in [0.15, 0.2) is 36.4 Å². The summed E-state index contributed by atoms with van der Waals surface area (Å²) in [5.74, 6) is 0.0839. The molecule has 33 heavy (non-hydrogen) atoms. The Bertz CT molecular complexity index is 955. The van der Waals surface area contributed by atoms with E-state index in [2.05, 4.69) is 10.6 Å². The molecule has 2 aromatic rings. The molecule has 0 radical (unpaired) electrons. The van der Waals surface area contributed by atoms with E-state index in [1.165, 1.54) is 26.4 Å². The van der Waals surface area contributed by atoms with Crippen LogP contribution in [0.2, 0.25) is 0 Å². The number of carbonyl (C=O) groups excluding carboxylic acids is 3. The summed E-state index contributed by atoms with van der Waals surface area (Å²) in [4.78, 5) is 36.3. The number of amides is 2. The summed E-state index contributed by atoms with van der Waals surface area (Å²) >= 11 is 0. The van der Waals surface area contributed by atoms with Crippen LogP contribution in [0, 0.1) is 0 Å². The monoisotopic (exact) mass is 460 g/mol. The number of esters is 1. The number of nitrogens with one attached hydrogen (secondary N) is 2. The highest BCUT2D eigenvalue weighted by molar-refractivity contribution is 5.97. The Morgan fingerprint density at radius 2 is 1.48 bits per heavy atom. The highest BCUT2D eigenvalue weighted by Gasteiger charge is 2.14. The van der Waals surface area contributed by atoms with Crippen molar-refractivity contribution < 1.29 is 38.1 Å². The minimum absolute atomic E-state index is 0.248. The molecule has 0 aliphatic rings. The van der Waals surface area contributed by atoms with E-state index in [1.54, 1.807) is 24.3 Å². The average Bonchev–Trinajstić information content (AvgIpc) is 2.82. The Balaban J connectivity index is 1.84. The molecular weight excluding hydrogens is 432 g/mol. The Kier molecular flexibility index (Phi) is 9.81. The van der Waals surface area contributed by atoms with Gasteiger partial charge in [-0.1, -0.05) is 0 Å². The summed E-state index contributed by atoms with van der Waals surface area (Å²) < 4.78 is 26.1. The lowest BCUT2D eigenvalue weighted by atomic mass is 10.2. The molecule has 0 unspecified atom stereocenters. The van der Waals surface area contributed by atoms with Crippen LogP contribution in [0.25, 0.3) is 0 Å². The van der Waals surface area contributed by atoms with Crippen LogP contribution in [0.4, 0.5) is 5.69 Å². The molecule has 10 nitrogen and oxygen atoms in total. The van der Waals surface area contributed by atoms with Crippen LogP contribution < -0.4 is 29.6 Å². The molecule has 0 bridgehead atoms. The zero-order valence-corrected chi connectivity index (χ0v) is 19.1. The second-order valence-corrected chi connectivity index (χ2v) is 6.52. The highest BCUT2D eigenvalue weighted by atomic mass is 16.5. The normalized spacial score (nSPS) is 10.1. The van der Waals surface area contributed by atoms with Crippen molar-refractivity contribution in [3.8, 4) is 23.0 Å². The summed E-state index contributed by atoms with van der Waals surface area (Å²) in [5, 5.41) is 5.04. The average molecular weight is 460 g/mol. The number of ether oxygens (including phenoxy) is 5. The van der Waals surface area contributed by atoms with E-state index >= 15 is 0 Å². The summed E-state index contributed by atoms with van der Waals surface area (Å²) in [6.45, 7) is 3.68. The third kappa shape index (κ3) is 7.91. The largest absolute Gasteiger partial charge is 0.497 e. The van der Waals surface area contributed by atoms with Crippen molar-refractivity contribution in [1.29, 1.82) is 0 Å². The van der Waals surface area contributed by atoms with Crippen molar-refractivity contribution in [2.45, 2.75) is 13.8 Å². The van der Waals surface area contributed by atoms with Crippen LogP contribution in [0.5, 0.6) is 23.0 Å². The molecule has 0 heterocycles. The fourth-order valence-electron chi connectivity index (χ4n) is 2.72. The van der Waals surface area contributed by atoms with E-state index in [0.29, 0.717) is 41.9 Å².